The summed E-state index contributed by atoms with van der Waals surface area (Å²) in [6.45, 7) is 3.10. The van der Waals surface area contributed by atoms with Crippen LogP contribution >= 0.6 is 0 Å². The van der Waals surface area contributed by atoms with Crippen LogP contribution < -0.4 is 0 Å². The third-order valence-electron chi connectivity index (χ3n) is 0.226. The summed E-state index contributed by atoms with van der Waals surface area (Å²) in [7, 11) is 0. The molecule has 0 radical (unpaired) electrons. The van der Waals surface area contributed by atoms with E-state index in [1.807, 2.05) is 0 Å². The van der Waals surface area contributed by atoms with Crippen LogP contribution in [0, 0.1) is 6.92 Å². The molecule has 0 amide bonds. The van der Waals surface area contributed by atoms with Crippen molar-refractivity contribution in [2.24, 2.45) is 0 Å². The van der Waals surface area contributed by atoms with Crippen LogP contribution in [0.1, 0.15) is 0 Å². The van der Waals surface area contributed by atoms with Gasteiger partial charge in [-0.15, -0.1) is 0 Å². The summed E-state index contributed by atoms with van der Waals surface area (Å²) in [5.74, 6) is 0. The van der Waals surface area contributed by atoms with Crippen LogP contribution in [-0.2, 0) is 4.74 Å². The molecule has 0 heterocycles. The zero-order valence-electron chi connectivity index (χ0n) is 3.18. The molecule has 0 bridgehead atoms. The lowest BCUT2D eigenvalue weighted by atomic mass is 10.9. The molecule has 3 nitrogen and oxygen atoms in total. The van der Waals surface area contributed by atoms with Gasteiger partial charge in [-0.1, -0.05) is 0 Å². The van der Waals surface area contributed by atoms with Crippen LogP contribution in [0.25, 0.3) is 0 Å². The van der Waals surface area contributed by atoms with E-state index in [-0.39, 0.29) is 6.61 Å². The van der Waals surface area contributed by atoms with E-state index < -0.39 is 6.16 Å². The van der Waals surface area contributed by atoms with Crippen LogP contribution in [0.5, 0.6) is 0 Å². The maximum absolute atomic E-state index is 9.34. The van der Waals surface area contributed by atoms with Crippen LogP contribution in [0.3, 0.4) is 0 Å². The Labute approximate surface area is 35.5 Å². The minimum atomic E-state index is -1.27. The third-order valence-corrected chi connectivity index (χ3v) is 0.226. The van der Waals surface area contributed by atoms with Gasteiger partial charge >= 0.3 is 6.16 Å². The lowest BCUT2D eigenvalue weighted by Crippen LogP contribution is -1.97. The Kier molecular flexibility index (Phi) is 2.04. The molecule has 0 unspecified atom stereocenters. The van der Waals surface area contributed by atoms with Crippen molar-refractivity contribution < 1.29 is 14.6 Å². The quantitative estimate of drug-likeness (QED) is 0.376. The molecule has 0 saturated heterocycles. The Morgan fingerprint density at radius 3 is 2.50 bits per heavy atom. The Morgan fingerprint density at radius 1 is 2.00 bits per heavy atom. The van der Waals surface area contributed by atoms with Crippen molar-refractivity contribution >= 4 is 6.16 Å². The van der Waals surface area contributed by atoms with Crippen molar-refractivity contribution in [2.45, 2.75) is 0 Å². The summed E-state index contributed by atoms with van der Waals surface area (Å²) in [5, 5.41) is 7.65. The molecule has 0 aromatic carbocycles. The van der Waals surface area contributed by atoms with Gasteiger partial charge in [0.2, 0.25) is 6.61 Å². The van der Waals surface area contributed by atoms with Gasteiger partial charge in [0, 0.05) is 0 Å². The monoisotopic (exact) mass is 89.0 g/mol. The molecule has 0 rings (SSSR count). The van der Waals surface area contributed by atoms with Crippen molar-refractivity contribution in [1.82, 2.24) is 0 Å². The molecule has 0 aromatic rings. The lowest BCUT2D eigenvalue weighted by molar-refractivity contribution is 0.101. The number of ether oxygens (including phenoxy) is 1. The predicted octanol–water partition coefficient (Wildman–Crippen LogP) is 0.515. The molecule has 1 N–H and O–H groups in total. The van der Waals surface area contributed by atoms with Gasteiger partial charge in [0.25, 0.3) is 0 Å². The molecule has 0 aliphatic carbocycles. The zero-order chi connectivity index (χ0) is 4.99. The van der Waals surface area contributed by atoms with Gasteiger partial charge in [-0.3, -0.25) is 0 Å². The molecule has 0 atom stereocenters. The van der Waals surface area contributed by atoms with Crippen molar-refractivity contribution in [3.05, 3.63) is 6.92 Å². The van der Waals surface area contributed by atoms with Gasteiger partial charge in [-0.25, -0.2) is 4.79 Å². The maximum Gasteiger partial charge on any atom is 0.509 e. The lowest BCUT2D eigenvalue weighted by Gasteiger charge is -1.82. The molecule has 6 heavy (non-hydrogen) atoms. The first-order chi connectivity index (χ1) is 2.77. The Bertz CT molecular complexity index is 50.0. The summed E-state index contributed by atoms with van der Waals surface area (Å²) >= 11 is 0. The van der Waals surface area contributed by atoms with Gasteiger partial charge in [-0.05, 0) is 0 Å². The highest BCUT2D eigenvalue weighted by Crippen LogP contribution is 1.69. The van der Waals surface area contributed by atoms with Gasteiger partial charge in [-0.2, -0.15) is 0 Å². The van der Waals surface area contributed by atoms with E-state index >= 15 is 0 Å². The minimum absolute atomic E-state index is 0.0185. The summed E-state index contributed by atoms with van der Waals surface area (Å²) < 4.78 is 3.85. The second kappa shape index (κ2) is 2.38. The first kappa shape index (κ1) is 5.14. The van der Waals surface area contributed by atoms with Crippen LogP contribution in [0.2, 0.25) is 0 Å². The molecule has 0 aromatic heterocycles. The van der Waals surface area contributed by atoms with Crippen LogP contribution in [0.15, 0.2) is 0 Å². The highest BCUT2D eigenvalue weighted by molar-refractivity contribution is 5.56. The van der Waals surface area contributed by atoms with E-state index in [4.69, 9.17) is 5.11 Å². The molecular weight excluding hydrogens is 84.0 g/mol. The molecule has 34 valence electrons. The van der Waals surface area contributed by atoms with E-state index in [0.29, 0.717) is 0 Å². The largest absolute Gasteiger partial charge is 0.509 e. The van der Waals surface area contributed by atoms with Crippen molar-refractivity contribution in [2.75, 3.05) is 6.61 Å². The summed E-state index contributed by atoms with van der Waals surface area (Å²) in [6, 6.07) is 0. The second-order valence-electron chi connectivity index (χ2n) is 0.614. The average molecular weight is 89.1 g/mol. The highest BCUT2D eigenvalue weighted by Gasteiger charge is 1.90. The number of carbonyl (C=O) groups is 1. The van der Waals surface area contributed by atoms with E-state index in [9.17, 15) is 4.79 Å². The standard InChI is InChI=1S/C3H4O3/c1-2-6-3(4)5/h1-2H2/p+1. The van der Waals surface area contributed by atoms with E-state index in [1.165, 1.54) is 0 Å². The molecule has 0 aliphatic heterocycles. The first-order valence-corrected chi connectivity index (χ1v) is 1.42. The van der Waals surface area contributed by atoms with Gasteiger partial charge in [0.15, 0.2) is 0 Å². The fraction of sp³-hybridized carbons (Fsp3) is 0.333. The third kappa shape index (κ3) is 3.14. The van der Waals surface area contributed by atoms with Crippen molar-refractivity contribution in [1.29, 1.82) is 0 Å². The summed E-state index contributed by atoms with van der Waals surface area (Å²) in [4.78, 5) is 9.34. The predicted molar refractivity (Wildman–Crippen MR) is 19.3 cm³/mol. The molecular formula is C3H5O3+. The molecule has 0 saturated carbocycles. The van der Waals surface area contributed by atoms with E-state index in [2.05, 4.69) is 11.7 Å². The number of hydrogen-bond acceptors (Lipinski definition) is 2. The summed E-state index contributed by atoms with van der Waals surface area (Å²) in [5.41, 5.74) is 0. The fourth-order valence-corrected chi connectivity index (χ4v) is 0.0873. The topological polar surface area (TPSA) is 46.5 Å². The summed E-state index contributed by atoms with van der Waals surface area (Å²) in [6.07, 6.45) is -1.27. The number of carboxylic acid groups (broad SMARTS) is 1. The minimum Gasteiger partial charge on any atom is -0.450 e. The van der Waals surface area contributed by atoms with E-state index in [1.54, 1.807) is 0 Å². The van der Waals surface area contributed by atoms with E-state index in [0.717, 1.165) is 0 Å². The molecule has 0 fully saturated rings. The van der Waals surface area contributed by atoms with Crippen molar-refractivity contribution in [3.63, 3.8) is 0 Å². The number of hydrogen-bond donors (Lipinski definition) is 1. The van der Waals surface area contributed by atoms with Crippen molar-refractivity contribution in [3.8, 4) is 0 Å². The van der Waals surface area contributed by atoms with Gasteiger partial charge in [0.05, 0.1) is 0 Å². The fourth-order valence-electron chi connectivity index (χ4n) is 0.0873. The number of rotatable bonds is 1. The zero-order valence-corrected chi connectivity index (χ0v) is 3.18. The average Bonchev–Trinajstić information content (AvgIpc) is 1.35. The Morgan fingerprint density at radius 2 is 2.50 bits per heavy atom. The van der Waals surface area contributed by atoms with Crippen LogP contribution in [-0.4, -0.2) is 17.9 Å². The molecule has 0 aliphatic rings. The maximum atomic E-state index is 9.34. The normalized spacial score (nSPS) is 7.33. The molecule has 3 heteroatoms. The SMILES string of the molecule is [CH2+]COC(=O)O. The van der Waals surface area contributed by atoms with Crippen LogP contribution in [0.4, 0.5) is 4.79 Å². The van der Waals surface area contributed by atoms with Gasteiger partial charge in [0.1, 0.15) is 6.92 Å². The first-order valence-electron chi connectivity index (χ1n) is 1.42. The molecule has 0 spiro atoms. The smallest absolute Gasteiger partial charge is 0.450 e. The van der Waals surface area contributed by atoms with Gasteiger partial charge < -0.3 is 9.84 Å². The Hall–Kier alpha value is -0.860. The second-order valence-corrected chi connectivity index (χ2v) is 0.614. The Balaban J connectivity index is 2.83. The highest BCUT2D eigenvalue weighted by atomic mass is 16.7.